The second kappa shape index (κ2) is 3.67. The molecule has 84 valence electrons. The minimum absolute atomic E-state index is 0.221. The minimum Gasteiger partial charge on any atom is -0.504 e. The number of allylic oxidation sites excluding steroid dienone is 1. The van der Waals surface area contributed by atoms with Crippen LogP contribution in [0.2, 0.25) is 0 Å². The van der Waals surface area contributed by atoms with Crippen LogP contribution in [-0.2, 0) is 6.42 Å². The van der Waals surface area contributed by atoms with Crippen molar-refractivity contribution in [2.75, 3.05) is 0 Å². The molecule has 0 spiro atoms. The van der Waals surface area contributed by atoms with Gasteiger partial charge < -0.3 is 9.52 Å². The predicted molar refractivity (Wildman–Crippen MR) is 69.3 cm³/mol. The SMILES string of the molecule is C=CCc1ccc2c(oc3ccccc32)c1O. The Kier molecular flexibility index (Phi) is 2.15. The topological polar surface area (TPSA) is 33.4 Å². The van der Waals surface area contributed by atoms with E-state index < -0.39 is 0 Å². The number of hydrogen-bond donors (Lipinski definition) is 1. The monoisotopic (exact) mass is 224 g/mol. The van der Waals surface area contributed by atoms with Crippen LogP contribution in [0.1, 0.15) is 5.56 Å². The lowest BCUT2D eigenvalue weighted by atomic mass is 10.1. The van der Waals surface area contributed by atoms with Gasteiger partial charge in [-0.1, -0.05) is 30.3 Å². The maximum absolute atomic E-state index is 10.1. The highest BCUT2D eigenvalue weighted by molar-refractivity contribution is 6.07. The summed E-state index contributed by atoms with van der Waals surface area (Å²) < 4.78 is 5.69. The molecule has 0 radical (unpaired) electrons. The Hall–Kier alpha value is -2.22. The van der Waals surface area contributed by atoms with Gasteiger partial charge in [-0.25, -0.2) is 0 Å². The van der Waals surface area contributed by atoms with Crippen molar-refractivity contribution in [1.82, 2.24) is 0 Å². The summed E-state index contributed by atoms with van der Waals surface area (Å²) >= 11 is 0. The summed E-state index contributed by atoms with van der Waals surface area (Å²) in [6.45, 7) is 3.68. The zero-order valence-electron chi connectivity index (χ0n) is 9.31. The first kappa shape index (κ1) is 9.97. The zero-order valence-corrected chi connectivity index (χ0v) is 9.31. The van der Waals surface area contributed by atoms with Crippen LogP contribution in [0.3, 0.4) is 0 Å². The minimum atomic E-state index is 0.221. The van der Waals surface area contributed by atoms with E-state index in [-0.39, 0.29) is 5.75 Å². The summed E-state index contributed by atoms with van der Waals surface area (Å²) in [5.41, 5.74) is 2.20. The number of para-hydroxylation sites is 1. The molecule has 0 fully saturated rings. The number of phenols is 1. The van der Waals surface area contributed by atoms with E-state index in [2.05, 4.69) is 6.58 Å². The normalized spacial score (nSPS) is 11.1. The van der Waals surface area contributed by atoms with E-state index in [0.717, 1.165) is 21.9 Å². The Morgan fingerprint density at radius 1 is 1.12 bits per heavy atom. The van der Waals surface area contributed by atoms with E-state index in [1.165, 1.54) is 0 Å². The molecular formula is C15H12O2. The van der Waals surface area contributed by atoms with Crippen molar-refractivity contribution in [2.24, 2.45) is 0 Å². The zero-order chi connectivity index (χ0) is 11.8. The lowest BCUT2D eigenvalue weighted by Crippen LogP contribution is -1.81. The van der Waals surface area contributed by atoms with Gasteiger partial charge in [0.25, 0.3) is 0 Å². The molecule has 0 aliphatic rings. The van der Waals surface area contributed by atoms with Gasteiger partial charge in [-0.15, -0.1) is 6.58 Å². The smallest absolute Gasteiger partial charge is 0.177 e. The van der Waals surface area contributed by atoms with Crippen LogP contribution in [0.5, 0.6) is 5.75 Å². The standard InChI is InChI=1S/C15H12O2/c1-2-5-10-8-9-12-11-6-3-4-7-13(11)17-15(12)14(10)16/h2-4,6-9,16H,1,5H2. The van der Waals surface area contributed by atoms with E-state index in [4.69, 9.17) is 4.42 Å². The quantitative estimate of drug-likeness (QED) is 0.667. The molecule has 17 heavy (non-hydrogen) atoms. The molecule has 3 rings (SSSR count). The Balaban J connectivity index is 2.40. The molecule has 2 heteroatoms. The summed E-state index contributed by atoms with van der Waals surface area (Å²) in [6.07, 6.45) is 2.41. The number of aromatic hydroxyl groups is 1. The second-order valence-corrected chi connectivity index (χ2v) is 4.04. The van der Waals surface area contributed by atoms with E-state index in [0.29, 0.717) is 12.0 Å². The summed E-state index contributed by atoms with van der Waals surface area (Å²) in [5, 5.41) is 12.1. The molecule has 2 nitrogen and oxygen atoms in total. The third kappa shape index (κ3) is 1.41. The summed E-state index contributed by atoms with van der Waals surface area (Å²) in [7, 11) is 0. The molecule has 0 saturated heterocycles. The molecule has 2 aromatic carbocycles. The fourth-order valence-corrected chi connectivity index (χ4v) is 2.14. The van der Waals surface area contributed by atoms with Gasteiger partial charge in [0.15, 0.2) is 11.3 Å². The average Bonchev–Trinajstić information content (AvgIpc) is 2.73. The number of benzene rings is 2. The lowest BCUT2D eigenvalue weighted by molar-refractivity contribution is 0.463. The highest BCUT2D eigenvalue weighted by Gasteiger charge is 2.12. The van der Waals surface area contributed by atoms with Gasteiger partial charge in [-0.3, -0.25) is 0 Å². The van der Waals surface area contributed by atoms with Crippen molar-refractivity contribution in [3.05, 3.63) is 54.6 Å². The molecule has 0 aliphatic heterocycles. The summed E-state index contributed by atoms with van der Waals surface area (Å²) in [6, 6.07) is 11.7. The average molecular weight is 224 g/mol. The Bertz CT molecular complexity index is 707. The van der Waals surface area contributed by atoms with Crippen LogP contribution >= 0.6 is 0 Å². The van der Waals surface area contributed by atoms with Crippen molar-refractivity contribution < 1.29 is 9.52 Å². The van der Waals surface area contributed by atoms with Gasteiger partial charge in [0.2, 0.25) is 0 Å². The number of furan rings is 1. The number of rotatable bonds is 2. The first-order valence-electron chi connectivity index (χ1n) is 5.54. The number of fused-ring (bicyclic) bond motifs is 3. The largest absolute Gasteiger partial charge is 0.504 e. The molecule has 0 unspecified atom stereocenters. The van der Waals surface area contributed by atoms with Crippen LogP contribution in [0.15, 0.2) is 53.5 Å². The molecule has 1 aromatic heterocycles. The van der Waals surface area contributed by atoms with Gasteiger partial charge in [-0.2, -0.15) is 0 Å². The van der Waals surface area contributed by atoms with Gasteiger partial charge in [0, 0.05) is 16.3 Å². The molecule has 0 saturated carbocycles. The van der Waals surface area contributed by atoms with Crippen molar-refractivity contribution in [1.29, 1.82) is 0 Å². The number of hydrogen-bond acceptors (Lipinski definition) is 2. The molecular weight excluding hydrogens is 212 g/mol. The van der Waals surface area contributed by atoms with E-state index in [9.17, 15) is 5.11 Å². The van der Waals surface area contributed by atoms with Gasteiger partial charge in [0.05, 0.1) is 0 Å². The van der Waals surface area contributed by atoms with Crippen molar-refractivity contribution in [3.63, 3.8) is 0 Å². The molecule has 0 aliphatic carbocycles. The second-order valence-electron chi connectivity index (χ2n) is 4.04. The third-order valence-electron chi connectivity index (χ3n) is 2.97. The van der Waals surface area contributed by atoms with E-state index in [1.54, 1.807) is 6.08 Å². The first-order chi connectivity index (χ1) is 8.31. The Labute approximate surface area is 98.8 Å². The third-order valence-corrected chi connectivity index (χ3v) is 2.97. The van der Waals surface area contributed by atoms with Crippen LogP contribution < -0.4 is 0 Å². The van der Waals surface area contributed by atoms with Crippen molar-refractivity contribution in [2.45, 2.75) is 6.42 Å². The maximum Gasteiger partial charge on any atom is 0.177 e. The molecule has 0 atom stereocenters. The molecule has 3 aromatic rings. The van der Waals surface area contributed by atoms with Gasteiger partial charge >= 0.3 is 0 Å². The van der Waals surface area contributed by atoms with Crippen LogP contribution in [-0.4, -0.2) is 5.11 Å². The Morgan fingerprint density at radius 3 is 2.76 bits per heavy atom. The van der Waals surface area contributed by atoms with Crippen LogP contribution in [0, 0.1) is 0 Å². The van der Waals surface area contributed by atoms with Gasteiger partial charge in [-0.05, 0) is 18.6 Å². The van der Waals surface area contributed by atoms with Gasteiger partial charge in [0.1, 0.15) is 5.58 Å². The van der Waals surface area contributed by atoms with Crippen molar-refractivity contribution in [3.8, 4) is 5.75 Å². The fourth-order valence-electron chi connectivity index (χ4n) is 2.14. The van der Waals surface area contributed by atoms with E-state index in [1.807, 2.05) is 36.4 Å². The Morgan fingerprint density at radius 2 is 1.94 bits per heavy atom. The highest BCUT2D eigenvalue weighted by Crippen LogP contribution is 2.36. The summed E-state index contributed by atoms with van der Waals surface area (Å²) in [4.78, 5) is 0. The molecule has 1 heterocycles. The predicted octanol–water partition coefficient (Wildman–Crippen LogP) is 4.02. The molecule has 0 amide bonds. The maximum atomic E-state index is 10.1. The first-order valence-corrected chi connectivity index (χ1v) is 5.54. The van der Waals surface area contributed by atoms with E-state index >= 15 is 0 Å². The lowest BCUT2D eigenvalue weighted by Gasteiger charge is -2.01. The molecule has 0 bridgehead atoms. The number of phenolic OH excluding ortho intramolecular Hbond substituents is 1. The summed E-state index contributed by atoms with van der Waals surface area (Å²) in [5.74, 6) is 0.221. The molecule has 1 N–H and O–H groups in total. The highest BCUT2D eigenvalue weighted by atomic mass is 16.4. The van der Waals surface area contributed by atoms with Crippen LogP contribution in [0.4, 0.5) is 0 Å². The fraction of sp³-hybridized carbons (Fsp3) is 0.0667. The van der Waals surface area contributed by atoms with Crippen molar-refractivity contribution >= 4 is 21.9 Å². The van der Waals surface area contributed by atoms with Crippen LogP contribution in [0.25, 0.3) is 21.9 Å².